The van der Waals surface area contributed by atoms with Crippen molar-refractivity contribution in [3.63, 3.8) is 0 Å². The fraction of sp³-hybridized carbons (Fsp3) is 0.389. The first-order chi connectivity index (χ1) is 20.5. The van der Waals surface area contributed by atoms with Gasteiger partial charge >= 0.3 is 16.8 Å². The van der Waals surface area contributed by atoms with Crippen molar-refractivity contribution < 1.29 is 46.8 Å². The summed E-state index contributed by atoms with van der Waals surface area (Å²) in [6.45, 7) is 18.9. The van der Waals surface area contributed by atoms with Crippen molar-refractivity contribution in [1.82, 2.24) is 0 Å². The van der Waals surface area contributed by atoms with Crippen LogP contribution in [0.15, 0.2) is 58.5 Å². The third-order valence-electron chi connectivity index (χ3n) is 6.53. The summed E-state index contributed by atoms with van der Waals surface area (Å²) in [5.41, 5.74) is 6.98. The predicted molar refractivity (Wildman–Crippen MR) is 175 cm³/mol. The summed E-state index contributed by atoms with van der Waals surface area (Å²) in [5, 5.41) is 39.6. The molecular weight excluding hydrogens is 615 g/mol. The molecule has 0 saturated carbocycles. The summed E-state index contributed by atoms with van der Waals surface area (Å²) in [6, 6.07) is 15.8. The van der Waals surface area contributed by atoms with Crippen molar-refractivity contribution in [2.24, 2.45) is 9.98 Å². The number of carbonyl (C=O) groups excluding carboxylic acids is 2. The number of hydrogen-bond donors (Lipinski definition) is 2. The summed E-state index contributed by atoms with van der Waals surface area (Å²) in [5.74, 6) is -0.517. The first-order valence-electron chi connectivity index (χ1n) is 14.7. The quantitative estimate of drug-likeness (QED) is 0.260. The Labute approximate surface area is 278 Å². The Morgan fingerprint density at radius 3 is 1.16 bits per heavy atom. The maximum absolute atomic E-state index is 10.9. The van der Waals surface area contributed by atoms with Crippen LogP contribution in [0.3, 0.4) is 0 Å². The Bertz CT molecular complexity index is 1360. The van der Waals surface area contributed by atoms with Gasteiger partial charge in [-0.05, 0) is 84.0 Å². The Morgan fingerprint density at radius 1 is 0.622 bits per heavy atom. The van der Waals surface area contributed by atoms with Gasteiger partial charge in [0, 0.05) is 35.5 Å². The molecule has 0 amide bonds. The third-order valence-corrected chi connectivity index (χ3v) is 6.53. The van der Waals surface area contributed by atoms with Gasteiger partial charge in [-0.15, -0.1) is 0 Å². The average Bonchev–Trinajstić information content (AvgIpc) is 2.91. The molecule has 0 fully saturated rings. The van der Waals surface area contributed by atoms with Crippen molar-refractivity contribution in [1.29, 1.82) is 0 Å². The molecule has 0 aliphatic rings. The van der Waals surface area contributed by atoms with Crippen molar-refractivity contribution in [3.05, 3.63) is 81.9 Å². The summed E-state index contributed by atoms with van der Waals surface area (Å²) < 4.78 is 0. The number of carboxylic acids is 2. The number of phenols is 2. The van der Waals surface area contributed by atoms with Gasteiger partial charge in [0.25, 0.3) is 0 Å². The van der Waals surface area contributed by atoms with Crippen molar-refractivity contribution in [3.8, 4) is 11.5 Å². The number of hydrogen-bond acceptors (Lipinski definition) is 8. The molecule has 0 heterocycles. The van der Waals surface area contributed by atoms with E-state index in [1.807, 2.05) is 36.4 Å². The van der Waals surface area contributed by atoms with Gasteiger partial charge in [-0.3, -0.25) is 9.98 Å². The predicted octanol–water partition coefficient (Wildman–Crippen LogP) is 6.60. The molecule has 1 radical (unpaired) electrons. The topological polar surface area (TPSA) is 145 Å². The van der Waals surface area contributed by atoms with E-state index in [2.05, 4.69) is 67.5 Å². The van der Waals surface area contributed by atoms with Gasteiger partial charge in [-0.1, -0.05) is 79.7 Å². The Kier molecular flexibility index (Phi) is 17.7. The zero-order chi connectivity index (χ0) is 33.7. The van der Waals surface area contributed by atoms with Crippen LogP contribution in [0.4, 0.5) is 11.4 Å². The molecule has 2 N–H and O–H groups in total. The van der Waals surface area contributed by atoms with E-state index in [-0.39, 0.29) is 40.1 Å². The molecule has 0 bridgehead atoms. The third kappa shape index (κ3) is 13.7. The van der Waals surface area contributed by atoms with Crippen LogP contribution in [0.1, 0.15) is 126 Å². The largest absolute Gasteiger partial charge is 2.00 e. The first-order valence-corrected chi connectivity index (χ1v) is 14.7. The molecule has 3 aromatic carbocycles. The summed E-state index contributed by atoms with van der Waals surface area (Å²) >= 11 is 0. The summed E-state index contributed by atoms with van der Waals surface area (Å²) in [6.07, 6.45) is 3.43. The molecule has 0 spiro atoms. The van der Waals surface area contributed by atoms with Crippen LogP contribution in [0.2, 0.25) is 0 Å². The Hall–Kier alpha value is -3.95. The number of para-hydroxylation sites is 2. The maximum atomic E-state index is 10.9. The maximum Gasteiger partial charge on any atom is 2.00 e. The number of benzene rings is 3. The number of carboxylic acid groups (broad SMARTS) is 2. The Balaban J connectivity index is 0.00000192. The van der Waals surface area contributed by atoms with E-state index >= 15 is 0 Å². The minimum atomic E-state index is -1.08. The molecule has 245 valence electrons. The van der Waals surface area contributed by atoms with Gasteiger partial charge in [-0.2, -0.15) is 0 Å². The monoisotopic (exact) mass is 661 g/mol. The average molecular weight is 662 g/mol. The van der Waals surface area contributed by atoms with E-state index in [9.17, 15) is 10.2 Å². The van der Waals surface area contributed by atoms with Gasteiger partial charge in [0.15, 0.2) is 0 Å². The molecule has 0 atom stereocenters. The number of carbonyl (C=O) groups is 2. The van der Waals surface area contributed by atoms with E-state index in [1.54, 1.807) is 12.4 Å². The minimum absolute atomic E-state index is 0. The molecule has 3 aromatic rings. The molecule has 0 aromatic heterocycles. The molecule has 45 heavy (non-hydrogen) atoms. The van der Waals surface area contributed by atoms with E-state index in [1.165, 1.54) is 11.1 Å². The van der Waals surface area contributed by atoms with E-state index in [0.29, 0.717) is 34.3 Å². The number of nitrogens with zero attached hydrogens (tertiary/aromatic N) is 2. The van der Waals surface area contributed by atoms with Gasteiger partial charge in [-0.25, -0.2) is 0 Å². The molecule has 0 aliphatic carbocycles. The van der Waals surface area contributed by atoms with Gasteiger partial charge < -0.3 is 30.0 Å². The molecule has 8 nitrogen and oxygen atoms in total. The van der Waals surface area contributed by atoms with Crippen LogP contribution in [0, 0.1) is 0 Å². The first kappa shape index (κ1) is 41.0. The fourth-order valence-electron chi connectivity index (χ4n) is 4.11. The number of aliphatic imine (C=N–C) groups is 2. The van der Waals surface area contributed by atoms with Crippen molar-refractivity contribution in [2.75, 3.05) is 0 Å². The molecule has 3 rings (SSSR count). The van der Waals surface area contributed by atoms with Gasteiger partial charge in [0.05, 0.1) is 11.4 Å². The van der Waals surface area contributed by atoms with Crippen LogP contribution in [-0.2, 0) is 26.4 Å². The molecular formula is C36H46CoN2O6. The van der Waals surface area contributed by atoms with Crippen LogP contribution in [0.5, 0.6) is 11.5 Å². The molecule has 0 unspecified atom stereocenters. The minimum Gasteiger partial charge on any atom is -0.550 e. The number of aromatic hydroxyl groups is 2. The molecule has 0 aliphatic heterocycles. The molecule has 0 saturated heterocycles. The zero-order valence-corrected chi connectivity index (χ0v) is 28.9. The SMILES string of the molecule is CC(=O)[O-].CC(=O)[O-].CC(C)c1cc(C=Nc2ccccc2N=Cc2cc(C(C)C)cc(C(C)C)c2O)c(O)c(C(C)C)c1.[Co+2]. The number of phenolic OH excluding ortho intramolecular Hbond substituents is 2. The second kappa shape index (κ2) is 19.4. The standard InChI is InChI=1S/C32H40N2O2.2C2H4O2.Co/c1-19(2)23-13-25(31(35)27(15-23)21(5)6)17-33-29-11-9-10-12-30(29)34-18-26-14-24(20(3)4)16-28(22(7)8)32(26)36;2*1-2(3)4;/h9-22,35-36H,1-8H3;2*1H3,(H,3,4);/q;;;+2/p-2. The zero-order valence-electron chi connectivity index (χ0n) is 27.8. The molecule has 9 heteroatoms. The second-order valence-corrected chi connectivity index (χ2v) is 11.7. The fourth-order valence-corrected chi connectivity index (χ4v) is 4.11. The van der Waals surface area contributed by atoms with Gasteiger partial charge in [0.2, 0.25) is 0 Å². The van der Waals surface area contributed by atoms with E-state index in [0.717, 1.165) is 25.0 Å². The van der Waals surface area contributed by atoms with Crippen LogP contribution >= 0.6 is 0 Å². The number of rotatable bonds is 8. The second-order valence-electron chi connectivity index (χ2n) is 11.7. The van der Waals surface area contributed by atoms with E-state index in [4.69, 9.17) is 29.8 Å². The normalized spacial score (nSPS) is 11.0. The number of aliphatic carboxylic acids is 2. The summed E-state index contributed by atoms with van der Waals surface area (Å²) in [7, 11) is 0. The van der Waals surface area contributed by atoms with Crippen LogP contribution < -0.4 is 10.2 Å². The van der Waals surface area contributed by atoms with Crippen LogP contribution in [-0.4, -0.2) is 34.6 Å². The van der Waals surface area contributed by atoms with Crippen molar-refractivity contribution in [2.45, 2.75) is 92.9 Å². The van der Waals surface area contributed by atoms with Crippen LogP contribution in [0.25, 0.3) is 0 Å². The summed E-state index contributed by atoms with van der Waals surface area (Å²) in [4.78, 5) is 27.2. The van der Waals surface area contributed by atoms with E-state index < -0.39 is 11.9 Å². The van der Waals surface area contributed by atoms with Crippen molar-refractivity contribution >= 4 is 35.7 Å². The van der Waals surface area contributed by atoms with Gasteiger partial charge in [0.1, 0.15) is 11.5 Å². The Morgan fingerprint density at radius 2 is 0.911 bits per heavy atom. The smallest absolute Gasteiger partial charge is 0.550 e.